The number of carbonyl (C=O) groups is 2. The second-order valence-electron chi connectivity index (χ2n) is 9.40. The van der Waals surface area contributed by atoms with Crippen LogP contribution in [0.2, 0.25) is 10.0 Å². The van der Waals surface area contributed by atoms with Crippen LogP contribution in [-0.2, 0) is 32.6 Å². The molecule has 3 rings (SSSR count). The molecule has 0 fully saturated rings. The zero-order valence-electron chi connectivity index (χ0n) is 22.3. The third-order valence-electron chi connectivity index (χ3n) is 6.16. The number of amides is 2. The molecule has 40 heavy (non-hydrogen) atoms. The molecule has 214 valence electrons. The molecule has 11 heteroatoms. The van der Waals surface area contributed by atoms with Crippen molar-refractivity contribution < 1.29 is 18.0 Å². The van der Waals surface area contributed by atoms with Gasteiger partial charge in [0.05, 0.1) is 11.9 Å². The summed E-state index contributed by atoms with van der Waals surface area (Å²) < 4.78 is 27.5. The van der Waals surface area contributed by atoms with Gasteiger partial charge in [-0.15, -0.1) is 0 Å². The van der Waals surface area contributed by atoms with Crippen LogP contribution in [0.15, 0.2) is 77.3 Å². The van der Waals surface area contributed by atoms with Gasteiger partial charge in [0, 0.05) is 34.0 Å². The lowest BCUT2D eigenvalue weighted by atomic mass is 10.0. The molecule has 0 saturated carbocycles. The van der Waals surface area contributed by atoms with Gasteiger partial charge in [-0.1, -0.05) is 94.9 Å². The molecule has 1 N–H and O–H groups in total. The summed E-state index contributed by atoms with van der Waals surface area (Å²) in [6, 6.07) is 20.3. The van der Waals surface area contributed by atoms with E-state index in [0.29, 0.717) is 6.54 Å². The smallest absolute Gasteiger partial charge is 0.244 e. The molecule has 0 aliphatic carbocycles. The van der Waals surface area contributed by atoms with Crippen molar-refractivity contribution in [3.05, 3.63) is 98.4 Å². The lowest BCUT2D eigenvalue weighted by Gasteiger charge is -2.33. The number of halogens is 3. The van der Waals surface area contributed by atoms with Crippen LogP contribution in [0.3, 0.4) is 0 Å². The summed E-state index contributed by atoms with van der Waals surface area (Å²) >= 11 is 15.8. The third-order valence-corrected chi connectivity index (χ3v) is 8.23. The Morgan fingerprint density at radius 2 is 1.60 bits per heavy atom. The van der Waals surface area contributed by atoms with E-state index in [2.05, 4.69) is 21.2 Å². The molecule has 2 amide bonds. The summed E-state index contributed by atoms with van der Waals surface area (Å²) in [6.45, 7) is 2.04. The number of rotatable bonds is 13. The van der Waals surface area contributed by atoms with Gasteiger partial charge in [0.15, 0.2) is 0 Å². The van der Waals surface area contributed by atoms with E-state index in [-0.39, 0.29) is 34.6 Å². The lowest BCUT2D eigenvalue weighted by molar-refractivity contribution is -0.140. The van der Waals surface area contributed by atoms with Gasteiger partial charge >= 0.3 is 0 Å². The Bertz CT molecular complexity index is 1400. The maximum Gasteiger partial charge on any atom is 0.244 e. The van der Waals surface area contributed by atoms with E-state index in [1.807, 2.05) is 61.5 Å². The SMILES string of the molecule is CCCCNC(=O)C(Cc1ccccc1)N(Cc1cccc(Br)c1)C(=O)CN(c1cc(Cl)cc(Cl)c1)S(C)(=O)=O. The van der Waals surface area contributed by atoms with Crippen molar-refractivity contribution in [1.82, 2.24) is 10.2 Å². The van der Waals surface area contributed by atoms with Crippen molar-refractivity contribution in [2.24, 2.45) is 0 Å². The predicted octanol–water partition coefficient (Wildman–Crippen LogP) is 6.08. The standard InChI is InChI=1S/C29H32BrCl2N3O4S/c1-3-4-13-33-29(37)27(15-21-9-6-5-7-10-21)34(19-22-11-8-12-23(30)14-22)28(36)20-35(40(2,38)39)26-17-24(31)16-25(32)18-26/h5-12,14,16-18,27H,3-4,13,15,19-20H2,1-2H3,(H,33,37). The second-order valence-corrected chi connectivity index (χ2v) is 13.1. The molecular formula is C29H32BrCl2N3O4S. The number of nitrogens with zero attached hydrogens (tertiary/aromatic N) is 2. The fourth-order valence-electron chi connectivity index (χ4n) is 4.19. The van der Waals surface area contributed by atoms with E-state index in [9.17, 15) is 18.0 Å². The van der Waals surface area contributed by atoms with Gasteiger partial charge in [-0.05, 0) is 47.9 Å². The first kappa shape index (κ1) is 31.9. The molecule has 0 saturated heterocycles. The summed E-state index contributed by atoms with van der Waals surface area (Å²) in [5.74, 6) is -0.856. The maximum absolute atomic E-state index is 14.1. The largest absolute Gasteiger partial charge is 0.354 e. The normalized spacial score (nSPS) is 12.0. The average molecular weight is 669 g/mol. The number of carbonyl (C=O) groups excluding carboxylic acids is 2. The number of benzene rings is 3. The minimum atomic E-state index is -3.92. The molecule has 0 bridgehead atoms. The highest BCUT2D eigenvalue weighted by Gasteiger charge is 2.33. The fraction of sp³-hybridized carbons (Fsp3) is 0.310. The number of hydrogen-bond donors (Lipinski definition) is 1. The second kappa shape index (κ2) is 14.9. The summed E-state index contributed by atoms with van der Waals surface area (Å²) in [4.78, 5) is 29.1. The summed E-state index contributed by atoms with van der Waals surface area (Å²) in [5, 5.41) is 3.41. The first-order valence-electron chi connectivity index (χ1n) is 12.8. The molecule has 0 aromatic heterocycles. The zero-order valence-corrected chi connectivity index (χ0v) is 26.2. The lowest BCUT2D eigenvalue weighted by Crippen LogP contribution is -2.53. The van der Waals surface area contributed by atoms with Crippen molar-refractivity contribution in [2.75, 3.05) is 23.7 Å². The Morgan fingerprint density at radius 1 is 0.950 bits per heavy atom. The Labute approximate surface area is 254 Å². The molecule has 3 aromatic carbocycles. The van der Waals surface area contributed by atoms with Crippen molar-refractivity contribution in [3.63, 3.8) is 0 Å². The van der Waals surface area contributed by atoms with Gasteiger partial charge in [-0.2, -0.15) is 0 Å². The molecule has 3 aromatic rings. The minimum Gasteiger partial charge on any atom is -0.354 e. The van der Waals surface area contributed by atoms with Gasteiger partial charge in [0.2, 0.25) is 21.8 Å². The van der Waals surface area contributed by atoms with Crippen LogP contribution in [0, 0.1) is 0 Å². The van der Waals surface area contributed by atoms with Crippen LogP contribution in [0.25, 0.3) is 0 Å². The van der Waals surface area contributed by atoms with Gasteiger partial charge in [0.1, 0.15) is 12.6 Å². The molecule has 7 nitrogen and oxygen atoms in total. The van der Waals surface area contributed by atoms with E-state index < -0.39 is 28.5 Å². The van der Waals surface area contributed by atoms with Crippen LogP contribution >= 0.6 is 39.1 Å². The predicted molar refractivity (Wildman–Crippen MR) is 165 cm³/mol. The highest BCUT2D eigenvalue weighted by atomic mass is 79.9. The Hall–Kier alpha value is -2.59. The van der Waals surface area contributed by atoms with Gasteiger partial charge in [0.25, 0.3) is 0 Å². The fourth-order valence-corrected chi connectivity index (χ4v) is 5.98. The molecule has 1 atom stereocenters. The van der Waals surface area contributed by atoms with Gasteiger partial charge in [-0.3, -0.25) is 13.9 Å². The highest BCUT2D eigenvalue weighted by molar-refractivity contribution is 9.10. The third kappa shape index (κ3) is 9.51. The molecule has 1 unspecified atom stereocenters. The number of anilines is 1. The topological polar surface area (TPSA) is 86.8 Å². The van der Waals surface area contributed by atoms with Crippen LogP contribution in [-0.4, -0.2) is 50.5 Å². The summed E-state index contributed by atoms with van der Waals surface area (Å²) in [7, 11) is -3.92. The van der Waals surface area contributed by atoms with Crippen LogP contribution in [0.1, 0.15) is 30.9 Å². The molecular weight excluding hydrogens is 637 g/mol. The zero-order chi connectivity index (χ0) is 29.3. The number of unbranched alkanes of at least 4 members (excludes halogenated alkanes) is 1. The number of hydrogen-bond acceptors (Lipinski definition) is 4. The Balaban J connectivity index is 2.05. The van der Waals surface area contributed by atoms with Crippen molar-refractivity contribution >= 4 is 66.7 Å². The number of sulfonamides is 1. The van der Waals surface area contributed by atoms with E-state index >= 15 is 0 Å². The molecule has 0 aliphatic rings. The van der Waals surface area contributed by atoms with E-state index in [1.165, 1.54) is 23.1 Å². The molecule has 0 heterocycles. The van der Waals surface area contributed by atoms with Crippen LogP contribution < -0.4 is 9.62 Å². The Morgan fingerprint density at radius 3 is 2.20 bits per heavy atom. The first-order valence-corrected chi connectivity index (χ1v) is 16.2. The van der Waals surface area contributed by atoms with Gasteiger partial charge in [-0.25, -0.2) is 8.42 Å². The first-order chi connectivity index (χ1) is 19.0. The highest BCUT2D eigenvalue weighted by Crippen LogP contribution is 2.27. The van der Waals surface area contributed by atoms with Crippen molar-refractivity contribution in [3.8, 4) is 0 Å². The average Bonchev–Trinajstić information content (AvgIpc) is 2.88. The molecule has 0 aliphatic heterocycles. The van der Waals surface area contributed by atoms with E-state index in [0.717, 1.165) is 39.0 Å². The van der Waals surface area contributed by atoms with Crippen LogP contribution in [0.5, 0.6) is 0 Å². The molecule has 0 radical (unpaired) electrons. The van der Waals surface area contributed by atoms with E-state index in [4.69, 9.17) is 23.2 Å². The monoisotopic (exact) mass is 667 g/mol. The molecule has 0 spiro atoms. The van der Waals surface area contributed by atoms with E-state index in [1.54, 1.807) is 0 Å². The summed E-state index contributed by atoms with van der Waals surface area (Å²) in [6.07, 6.45) is 2.95. The Kier molecular flexibility index (Phi) is 11.9. The minimum absolute atomic E-state index is 0.0882. The maximum atomic E-state index is 14.1. The summed E-state index contributed by atoms with van der Waals surface area (Å²) in [5.41, 5.74) is 1.80. The van der Waals surface area contributed by atoms with Gasteiger partial charge < -0.3 is 10.2 Å². The quantitative estimate of drug-likeness (QED) is 0.224. The van der Waals surface area contributed by atoms with Crippen molar-refractivity contribution in [2.45, 2.75) is 38.8 Å². The number of nitrogens with one attached hydrogen (secondary N) is 1. The van der Waals surface area contributed by atoms with Crippen molar-refractivity contribution in [1.29, 1.82) is 0 Å². The van der Waals surface area contributed by atoms with Crippen LogP contribution in [0.4, 0.5) is 5.69 Å².